The van der Waals surface area contributed by atoms with Gasteiger partial charge >= 0.3 is 0 Å². The molecule has 1 fully saturated rings. The van der Waals surface area contributed by atoms with Gasteiger partial charge in [0.2, 0.25) is 0 Å². The fourth-order valence-corrected chi connectivity index (χ4v) is 4.89. The average Bonchev–Trinajstić information content (AvgIpc) is 3.58. The van der Waals surface area contributed by atoms with Gasteiger partial charge < -0.3 is 19.0 Å². The van der Waals surface area contributed by atoms with Crippen LogP contribution in [-0.2, 0) is 11.3 Å². The molecule has 1 saturated heterocycles. The lowest BCUT2D eigenvalue weighted by Crippen LogP contribution is -2.24. The van der Waals surface area contributed by atoms with E-state index in [9.17, 15) is 4.79 Å². The van der Waals surface area contributed by atoms with Gasteiger partial charge in [0, 0.05) is 12.2 Å². The average molecular weight is 446 g/mol. The minimum atomic E-state index is -0.288. The summed E-state index contributed by atoms with van der Waals surface area (Å²) in [6.45, 7) is 1.45. The molecule has 2 aromatic carbocycles. The van der Waals surface area contributed by atoms with Crippen LogP contribution in [0.5, 0.6) is 0 Å². The Morgan fingerprint density at radius 2 is 1.84 bits per heavy atom. The second kappa shape index (κ2) is 9.38. The third kappa shape index (κ3) is 4.44. The summed E-state index contributed by atoms with van der Waals surface area (Å²) in [7, 11) is 0. The Hall–Kier alpha value is -3.42. The highest BCUT2D eigenvalue weighted by Gasteiger charge is 2.23. The topological polar surface area (TPSA) is 68.8 Å². The molecule has 1 atom stereocenters. The van der Waals surface area contributed by atoms with E-state index < -0.39 is 0 Å². The first-order valence-electron chi connectivity index (χ1n) is 10.6. The van der Waals surface area contributed by atoms with Gasteiger partial charge in [-0.1, -0.05) is 59.9 Å². The van der Waals surface area contributed by atoms with Gasteiger partial charge in [-0.05, 0) is 37.1 Å². The van der Waals surface area contributed by atoms with Crippen LogP contribution < -0.4 is 10.1 Å². The van der Waals surface area contributed by atoms with Gasteiger partial charge in [0.05, 0.1) is 30.3 Å². The number of anilines is 1. The van der Waals surface area contributed by atoms with Crippen molar-refractivity contribution in [2.45, 2.75) is 25.5 Å². The zero-order valence-electron chi connectivity index (χ0n) is 17.4. The number of rotatable bonds is 6. The molecule has 0 saturated carbocycles. The summed E-state index contributed by atoms with van der Waals surface area (Å²) in [6.07, 6.45) is 3.68. The third-order valence-electron chi connectivity index (χ3n) is 5.32. The number of hydrogen-bond donors (Lipinski definition) is 1. The van der Waals surface area contributed by atoms with E-state index >= 15 is 0 Å². The van der Waals surface area contributed by atoms with Crippen LogP contribution in [-0.4, -0.2) is 23.2 Å². The van der Waals surface area contributed by atoms with E-state index in [-0.39, 0.29) is 17.8 Å². The number of para-hydroxylation sites is 1. The monoisotopic (exact) mass is 445 g/mol. The second-order valence-corrected chi connectivity index (χ2v) is 8.53. The number of furan rings is 1. The standard InChI is InChI=1S/C25H23N3O3S/c29-23(21-14-8-16-31-21)27-24-22(18-9-3-1-4-10-18)28(17-20-13-7-15-30-20)25(32-24)26-19-11-5-2-6-12-19/h1-6,8-12,14,16,20H,7,13,15,17H2,(H,27,29)/t20-/m0/s1. The Bertz CT molecular complexity index is 1240. The summed E-state index contributed by atoms with van der Waals surface area (Å²) in [5.74, 6) is -0.0198. The summed E-state index contributed by atoms with van der Waals surface area (Å²) in [5.41, 5.74) is 2.78. The number of ether oxygens (including phenoxy) is 1. The fraction of sp³-hybridized carbons (Fsp3) is 0.200. The van der Waals surface area contributed by atoms with Crippen LogP contribution in [0.15, 0.2) is 88.5 Å². The van der Waals surface area contributed by atoms with Gasteiger partial charge in [0.1, 0.15) is 5.00 Å². The number of nitrogens with one attached hydrogen (secondary N) is 1. The highest BCUT2D eigenvalue weighted by atomic mass is 32.1. The minimum Gasteiger partial charge on any atom is -0.459 e. The van der Waals surface area contributed by atoms with Crippen LogP contribution in [0.1, 0.15) is 23.4 Å². The quantitative estimate of drug-likeness (QED) is 0.428. The molecule has 7 heteroatoms. The molecule has 6 nitrogen and oxygen atoms in total. The lowest BCUT2D eigenvalue weighted by Gasteiger charge is -2.15. The van der Waals surface area contributed by atoms with Crippen LogP contribution in [0, 0.1) is 0 Å². The first-order valence-corrected chi connectivity index (χ1v) is 11.4. The van der Waals surface area contributed by atoms with Gasteiger partial charge in [-0.15, -0.1) is 0 Å². The molecular formula is C25H23N3O3S. The van der Waals surface area contributed by atoms with Crippen LogP contribution in [0.2, 0.25) is 0 Å². The van der Waals surface area contributed by atoms with Gasteiger partial charge in [0.25, 0.3) is 5.91 Å². The zero-order chi connectivity index (χ0) is 21.8. The van der Waals surface area contributed by atoms with E-state index in [1.807, 2.05) is 60.7 Å². The molecule has 0 aliphatic carbocycles. The van der Waals surface area contributed by atoms with Crippen LogP contribution in [0.4, 0.5) is 10.7 Å². The van der Waals surface area contributed by atoms with Crippen molar-refractivity contribution < 1.29 is 13.9 Å². The molecule has 0 radical (unpaired) electrons. The molecule has 0 spiro atoms. The molecule has 0 bridgehead atoms. The molecule has 1 aliphatic rings. The van der Waals surface area contributed by atoms with Crippen molar-refractivity contribution in [2.24, 2.45) is 4.99 Å². The highest BCUT2D eigenvalue weighted by molar-refractivity contribution is 7.14. The predicted molar refractivity (Wildman–Crippen MR) is 125 cm³/mol. The Morgan fingerprint density at radius 3 is 2.53 bits per heavy atom. The number of hydrogen-bond acceptors (Lipinski definition) is 5. The molecule has 1 aliphatic heterocycles. The third-order valence-corrected chi connectivity index (χ3v) is 6.31. The first kappa shape index (κ1) is 20.5. The number of benzene rings is 2. The smallest absolute Gasteiger partial charge is 0.292 e. The van der Waals surface area contributed by atoms with Crippen molar-refractivity contribution >= 4 is 27.9 Å². The Balaban J connectivity index is 1.66. The van der Waals surface area contributed by atoms with E-state index in [4.69, 9.17) is 14.1 Å². The molecule has 5 rings (SSSR count). The normalized spacial score (nSPS) is 16.4. The molecule has 3 heterocycles. The van der Waals surface area contributed by atoms with Crippen molar-refractivity contribution in [2.75, 3.05) is 11.9 Å². The van der Waals surface area contributed by atoms with Crippen molar-refractivity contribution in [1.82, 2.24) is 4.57 Å². The van der Waals surface area contributed by atoms with E-state index in [1.165, 1.54) is 17.6 Å². The maximum Gasteiger partial charge on any atom is 0.292 e. The van der Waals surface area contributed by atoms with E-state index in [0.29, 0.717) is 6.54 Å². The molecule has 1 N–H and O–H groups in total. The summed E-state index contributed by atoms with van der Waals surface area (Å²) in [6, 6.07) is 23.3. The number of amides is 1. The number of aromatic nitrogens is 1. The fourth-order valence-electron chi connectivity index (χ4n) is 3.81. The molecule has 0 unspecified atom stereocenters. The lowest BCUT2D eigenvalue weighted by atomic mass is 10.1. The van der Waals surface area contributed by atoms with Crippen LogP contribution in [0.25, 0.3) is 11.3 Å². The Kier molecular flexibility index (Phi) is 6.00. The Morgan fingerprint density at radius 1 is 1.06 bits per heavy atom. The summed E-state index contributed by atoms with van der Waals surface area (Å²) < 4.78 is 13.4. The molecule has 162 valence electrons. The van der Waals surface area contributed by atoms with Crippen LogP contribution >= 0.6 is 11.3 Å². The summed E-state index contributed by atoms with van der Waals surface area (Å²) in [4.78, 5) is 18.5. The van der Waals surface area contributed by atoms with E-state index in [2.05, 4.69) is 9.88 Å². The van der Waals surface area contributed by atoms with Gasteiger partial charge in [0.15, 0.2) is 10.6 Å². The molecular weight excluding hydrogens is 422 g/mol. The van der Waals surface area contributed by atoms with Crippen molar-refractivity contribution in [1.29, 1.82) is 0 Å². The Labute approximate surface area is 189 Å². The van der Waals surface area contributed by atoms with Crippen molar-refractivity contribution in [3.8, 4) is 11.3 Å². The molecule has 32 heavy (non-hydrogen) atoms. The minimum absolute atomic E-state index is 0.121. The summed E-state index contributed by atoms with van der Waals surface area (Å²) in [5, 5.41) is 3.77. The highest BCUT2D eigenvalue weighted by Crippen LogP contribution is 2.32. The van der Waals surface area contributed by atoms with E-state index in [1.54, 1.807) is 12.1 Å². The summed E-state index contributed by atoms with van der Waals surface area (Å²) >= 11 is 1.45. The molecule has 1 amide bonds. The van der Waals surface area contributed by atoms with Gasteiger partial charge in [-0.3, -0.25) is 4.79 Å². The first-order chi connectivity index (χ1) is 15.8. The largest absolute Gasteiger partial charge is 0.459 e. The number of carbonyl (C=O) groups is 1. The molecule has 4 aromatic rings. The lowest BCUT2D eigenvalue weighted by molar-refractivity contribution is 0.0968. The zero-order valence-corrected chi connectivity index (χ0v) is 18.3. The number of thiazole rings is 1. The second-order valence-electron chi connectivity index (χ2n) is 7.55. The van der Waals surface area contributed by atoms with Crippen molar-refractivity contribution in [3.63, 3.8) is 0 Å². The van der Waals surface area contributed by atoms with Gasteiger partial charge in [-0.2, -0.15) is 0 Å². The number of carbonyl (C=O) groups excluding carboxylic acids is 1. The number of nitrogens with zero attached hydrogens (tertiary/aromatic N) is 2. The maximum absolute atomic E-state index is 12.8. The van der Waals surface area contributed by atoms with E-state index in [0.717, 1.165) is 46.2 Å². The van der Waals surface area contributed by atoms with Crippen LogP contribution in [0.3, 0.4) is 0 Å². The molecule has 2 aromatic heterocycles. The SMILES string of the molecule is O=C(Nc1sc(=Nc2ccccc2)n(C[C@@H]2CCCO2)c1-c1ccccc1)c1ccco1. The maximum atomic E-state index is 12.8. The predicted octanol–water partition coefficient (Wildman–Crippen LogP) is 5.47. The van der Waals surface area contributed by atoms with Crippen molar-refractivity contribution in [3.05, 3.63) is 89.6 Å². The van der Waals surface area contributed by atoms with Gasteiger partial charge in [-0.25, -0.2) is 4.99 Å².